The highest BCUT2D eigenvalue weighted by atomic mass is 16.5. The zero-order valence-corrected chi connectivity index (χ0v) is 10.9. The summed E-state index contributed by atoms with van der Waals surface area (Å²) in [5.74, 6) is 0. The van der Waals surface area contributed by atoms with E-state index in [1.54, 1.807) is 17.8 Å². The van der Waals surface area contributed by atoms with E-state index in [1.165, 1.54) is 0 Å². The molecule has 0 aliphatic carbocycles. The molecule has 0 radical (unpaired) electrons. The number of aromatic nitrogens is 2. The Labute approximate surface area is 108 Å². The standard InChI is InChI=1S/C12H23N3O3/c1-11(17)3-2-4-13-12-9-14-15(10-12)5-7-18-8-6-16/h9-11,13,16-17H,2-8H2,1H3. The molecule has 0 aromatic carbocycles. The highest BCUT2D eigenvalue weighted by Crippen LogP contribution is 2.05. The largest absolute Gasteiger partial charge is 0.394 e. The third kappa shape index (κ3) is 6.58. The first kappa shape index (κ1) is 14.9. The second-order valence-corrected chi connectivity index (χ2v) is 4.25. The predicted octanol–water partition coefficient (Wildman–Crippen LogP) is 0.465. The number of nitrogens with one attached hydrogen (secondary N) is 1. The Morgan fingerprint density at radius 1 is 1.50 bits per heavy atom. The maximum absolute atomic E-state index is 9.12. The Morgan fingerprint density at radius 2 is 2.33 bits per heavy atom. The van der Waals surface area contributed by atoms with E-state index in [0.717, 1.165) is 25.1 Å². The fourth-order valence-corrected chi connectivity index (χ4v) is 1.53. The van der Waals surface area contributed by atoms with Gasteiger partial charge >= 0.3 is 0 Å². The van der Waals surface area contributed by atoms with Crippen LogP contribution in [0, 0.1) is 0 Å². The zero-order valence-electron chi connectivity index (χ0n) is 10.9. The average Bonchev–Trinajstić information content (AvgIpc) is 2.78. The van der Waals surface area contributed by atoms with Gasteiger partial charge in [0.2, 0.25) is 0 Å². The lowest BCUT2D eigenvalue weighted by Gasteiger charge is -2.05. The lowest BCUT2D eigenvalue weighted by atomic mass is 10.2. The van der Waals surface area contributed by atoms with Crippen molar-refractivity contribution in [1.82, 2.24) is 9.78 Å². The summed E-state index contributed by atoms with van der Waals surface area (Å²) in [6.45, 7) is 4.27. The van der Waals surface area contributed by atoms with E-state index < -0.39 is 0 Å². The summed E-state index contributed by atoms with van der Waals surface area (Å²) < 4.78 is 6.96. The molecule has 1 unspecified atom stereocenters. The van der Waals surface area contributed by atoms with Gasteiger partial charge in [-0.05, 0) is 19.8 Å². The van der Waals surface area contributed by atoms with Crippen LogP contribution in [0.25, 0.3) is 0 Å². The van der Waals surface area contributed by atoms with Crippen LogP contribution < -0.4 is 5.32 Å². The molecule has 6 heteroatoms. The molecule has 0 saturated carbocycles. The fraction of sp³-hybridized carbons (Fsp3) is 0.750. The van der Waals surface area contributed by atoms with Gasteiger partial charge in [-0.3, -0.25) is 4.68 Å². The topological polar surface area (TPSA) is 79.5 Å². The number of nitrogens with zero attached hydrogens (tertiary/aromatic N) is 2. The quantitative estimate of drug-likeness (QED) is 0.531. The number of hydrogen-bond donors (Lipinski definition) is 3. The molecular weight excluding hydrogens is 234 g/mol. The van der Waals surface area contributed by atoms with E-state index >= 15 is 0 Å². The normalized spacial score (nSPS) is 12.6. The summed E-state index contributed by atoms with van der Waals surface area (Å²) in [5, 5.41) is 25.1. The second-order valence-electron chi connectivity index (χ2n) is 4.25. The van der Waals surface area contributed by atoms with Gasteiger partial charge in [0, 0.05) is 12.7 Å². The Kier molecular flexibility index (Phi) is 7.40. The van der Waals surface area contributed by atoms with Crippen molar-refractivity contribution in [2.24, 2.45) is 0 Å². The van der Waals surface area contributed by atoms with Gasteiger partial charge in [0.1, 0.15) is 0 Å². The third-order valence-electron chi connectivity index (χ3n) is 2.46. The van der Waals surface area contributed by atoms with Crippen LogP contribution in [-0.2, 0) is 11.3 Å². The molecular formula is C12H23N3O3. The Hall–Kier alpha value is -1.11. The molecule has 104 valence electrons. The van der Waals surface area contributed by atoms with Crippen molar-refractivity contribution in [3.05, 3.63) is 12.4 Å². The molecule has 0 saturated heterocycles. The molecule has 3 N–H and O–H groups in total. The number of ether oxygens (including phenoxy) is 1. The molecule has 0 amide bonds. The van der Waals surface area contributed by atoms with Crippen molar-refractivity contribution < 1.29 is 14.9 Å². The summed E-state index contributed by atoms with van der Waals surface area (Å²) in [6, 6.07) is 0. The van der Waals surface area contributed by atoms with Crippen LogP contribution in [0.1, 0.15) is 19.8 Å². The minimum atomic E-state index is -0.238. The van der Waals surface area contributed by atoms with E-state index in [0.29, 0.717) is 19.8 Å². The number of aliphatic hydroxyl groups excluding tert-OH is 2. The first-order valence-corrected chi connectivity index (χ1v) is 6.35. The maximum atomic E-state index is 9.12. The number of anilines is 1. The first-order chi connectivity index (χ1) is 8.72. The van der Waals surface area contributed by atoms with Crippen molar-refractivity contribution in [1.29, 1.82) is 0 Å². The highest BCUT2D eigenvalue weighted by Gasteiger charge is 1.99. The van der Waals surface area contributed by atoms with Gasteiger partial charge in [0.25, 0.3) is 0 Å². The molecule has 1 rings (SSSR count). The molecule has 0 bridgehead atoms. The van der Waals surface area contributed by atoms with E-state index in [2.05, 4.69) is 10.4 Å². The third-order valence-corrected chi connectivity index (χ3v) is 2.46. The lowest BCUT2D eigenvalue weighted by molar-refractivity contribution is 0.0854. The molecule has 1 aromatic heterocycles. The number of rotatable bonds is 10. The zero-order chi connectivity index (χ0) is 13.2. The Bertz CT molecular complexity index is 315. The van der Waals surface area contributed by atoms with Crippen LogP contribution in [0.5, 0.6) is 0 Å². The van der Waals surface area contributed by atoms with Gasteiger partial charge < -0.3 is 20.3 Å². The van der Waals surface area contributed by atoms with Crippen molar-refractivity contribution >= 4 is 5.69 Å². The summed E-state index contributed by atoms with van der Waals surface area (Å²) in [5.41, 5.74) is 0.975. The highest BCUT2D eigenvalue weighted by molar-refractivity contribution is 5.37. The number of hydrogen-bond acceptors (Lipinski definition) is 5. The molecule has 1 atom stereocenters. The summed E-state index contributed by atoms with van der Waals surface area (Å²) in [4.78, 5) is 0. The van der Waals surface area contributed by atoms with Gasteiger partial charge in [0.15, 0.2) is 0 Å². The molecule has 0 fully saturated rings. The SMILES string of the molecule is CC(O)CCCNc1cnn(CCOCCO)c1. The van der Waals surface area contributed by atoms with E-state index in [4.69, 9.17) is 14.9 Å². The minimum Gasteiger partial charge on any atom is -0.394 e. The predicted molar refractivity (Wildman–Crippen MR) is 69.5 cm³/mol. The van der Waals surface area contributed by atoms with Crippen molar-refractivity contribution in [2.45, 2.75) is 32.4 Å². The molecule has 6 nitrogen and oxygen atoms in total. The molecule has 1 aromatic rings. The Morgan fingerprint density at radius 3 is 3.06 bits per heavy atom. The summed E-state index contributed by atoms with van der Waals surface area (Å²) in [6.07, 6.45) is 5.19. The molecule has 0 aliphatic rings. The lowest BCUT2D eigenvalue weighted by Crippen LogP contribution is -2.09. The molecule has 0 aliphatic heterocycles. The van der Waals surface area contributed by atoms with Gasteiger partial charge in [-0.1, -0.05) is 0 Å². The molecule has 0 spiro atoms. The van der Waals surface area contributed by atoms with E-state index in [1.807, 2.05) is 6.20 Å². The monoisotopic (exact) mass is 257 g/mol. The Balaban J connectivity index is 2.13. The van der Waals surface area contributed by atoms with Gasteiger partial charge in [-0.15, -0.1) is 0 Å². The smallest absolute Gasteiger partial charge is 0.0726 e. The fourth-order valence-electron chi connectivity index (χ4n) is 1.53. The van der Waals surface area contributed by atoms with Gasteiger partial charge in [-0.2, -0.15) is 5.10 Å². The summed E-state index contributed by atoms with van der Waals surface area (Å²) >= 11 is 0. The van der Waals surface area contributed by atoms with Crippen LogP contribution in [0.3, 0.4) is 0 Å². The molecule has 18 heavy (non-hydrogen) atoms. The van der Waals surface area contributed by atoms with Crippen LogP contribution in [0.15, 0.2) is 12.4 Å². The van der Waals surface area contributed by atoms with Crippen LogP contribution in [-0.4, -0.2) is 52.5 Å². The summed E-state index contributed by atoms with van der Waals surface area (Å²) in [7, 11) is 0. The van der Waals surface area contributed by atoms with Crippen LogP contribution in [0.4, 0.5) is 5.69 Å². The van der Waals surface area contributed by atoms with E-state index in [-0.39, 0.29) is 12.7 Å². The number of aliphatic hydroxyl groups is 2. The maximum Gasteiger partial charge on any atom is 0.0726 e. The minimum absolute atomic E-state index is 0.0508. The average molecular weight is 257 g/mol. The van der Waals surface area contributed by atoms with Crippen molar-refractivity contribution in [3.8, 4) is 0 Å². The van der Waals surface area contributed by atoms with Gasteiger partial charge in [0.05, 0.1) is 44.4 Å². The van der Waals surface area contributed by atoms with Crippen molar-refractivity contribution in [2.75, 3.05) is 31.7 Å². The van der Waals surface area contributed by atoms with Gasteiger partial charge in [-0.25, -0.2) is 0 Å². The van der Waals surface area contributed by atoms with E-state index in [9.17, 15) is 0 Å². The van der Waals surface area contributed by atoms with Crippen molar-refractivity contribution in [3.63, 3.8) is 0 Å². The second kappa shape index (κ2) is 8.91. The van der Waals surface area contributed by atoms with Crippen LogP contribution in [0.2, 0.25) is 0 Å². The first-order valence-electron chi connectivity index (χ1n) is 6.35. The molecule has 1 heterocycles. The van der Waals surface area contributed by atoms with Crippen LogP contribution >= 0.6 is 0 Å².